The van der Waals surface area contributed by atoms with Crippen LogP contribution in [0.5, 0.6) is 0 Å². The molecule has 1 aromatic carbocycles. The van der Waals surface area contributed by atoms with Gasteiger partial charge in [0.1, 0.15) is 0 Å². The molecule has 102 valence electrons. The van der Waals surface area contributed by atoms with Crippen molar-refractivity contribution in [3.63, 3.8) is 0 Å². The van der Waals surface area contributed by atoms with Crippen LogP contribution in [0.4, 0.5) is 5.69 Å². The first-order valence-corrected chi connectivity index (χ1v) is 6.44. The van der Waals surface area contributed by atoms with Gasteiger partial charge >= 0.3 is 0 Å². The van der Waals surface area contributed by atoms with E-state index in [1.165, 1.54) is 0 Å². The Morgan fingerprint density at radius 1 is 1.47 bits per heavy atom. The van der Waals surface area contributed by atoms with Crippen LogP contribution in [0.3, 0.4) is 0 Å². The number of nitrogens with zero attached hydrogens (tertiary/aromatic N) is 1. The molecule has 0 aliphatic heterocycles. The molecule has 1 aromatic heterocycles. The van der Waals surface area contributed by atoms with E-state index < -0.39 is 0 Å². The monoisotopic (exact) mass is 261 g/mol. The number of benzene rings is 1. The van der Waals surface area contributed by atoms with Gasteiger partial charge in [0, 0.05) is 42.5 Å². The molecule has 2 aromatic rings. The maximum atomic E-state index is 12.4. The van der Waals surface area contributed by atoms with Crippen LogP contribution >= 0.6 is 0 Å². The van der Waals surface area contributed by atoms with Crippen molar-refractivity contribution >= 4 is 22.5 Å². The number of carbonyl (C=O) groups excluding carboxylic acids is 1. The number of carbonyl (C=O) groups is 1. The summed E-state index contributed by atoms with van der Waals surface area (Å²) < 4.78 is 0. The number of aromatic amines is 1. The molecule has 0 atom stereocenters. The molecule has 1 amide bonds. The van der Waals surface area contributed by atoms with Crippen molar-refractivity contribution in [3.05, 3.63) is 30.0 Å². The molecule has 0 bridgehead atoms. The van der Waals surface area contributed by atoms with Crippen molar-refractivity contribution in [2.24, 2.45) is 0 Å². The molecule has 0 radical (unpaired) electrons. The third-order valence-electron chi connectivity index (χ3n) is 3.19. The van der Waals surface area contributed by atoms with Crippen molar-refractivity contribution in [2.75, 3.05) is 25.4 Å². The molecule has 0 saturated carbocycles. The van der Waals surface area contributed by atoms with Gasteiger partial charge in [-0.1, -0.05) is 0 Å². The van der Waals surface area contributed by atoms with Crippen molar-refractivity contribution in [3.8, 4) is 0 Å². The van der Waals surface area contributed by atoms with Gasteiger partial charge in [0.25, 0.3) is 5.91 Å². The van der Waals surface area contributed by atoms with Crippen LogP contribution in [0.2, 0.25) is 0 Å². The number of fused-ring (bicyclic) bond motifs is 1. The zero-order chi connectivity index (χ0) is 13.8. The summed E-state index contributed by atoms with van der Waals surface area (Å²) in [6, 6.07) is 5.46. The van der Waals surface area contributed by atoms with Gasteiger partial charge < -0.3 is 20.7 Å². The minimum absolute atomic E-state index is 0.0213. The normalized spacial score (nSPS) is 10.8. The van der Waals surface area contributed by atoms with E-state index in [9.17, 15) is 4.79 Å². The number of anilines is 1. The first kappa shape index (κ1) is 13.4. The number of hydrogen-bond acceptors (Lipinski definition) is 3. The molecule has 0 saturated heterocycles. The smallest absolute Gasteiger partial charge is 0.256 e. The standard InChI is InChI=1S/C14H19N3O2/c1-2-17(6-3-7-18)14(19)12-9-16-13-8-10(15)4-5-11(12)13/h4-5,8-9,16,18H,2-3,6-7,15H2,1H3. The molecule has 19 heavy (non-hydrogen) atoms. The van der Waals surface area contributed by atoms with Gasteiger partial charge in [-0.2, -0.15) is 0 Å². The fourth-order valence-electron chi connectivity index (χ4n) is 2.16. The van der Waals surface area contributed by atoms with Crippen molar-refractivity contribution in [1.29, 1.82) is 0 Å². The summed E-state index contributed by atoms with van der Waals surface area (Å²) in [7, 11) is 0. The van der Waals surface area contributed by atoms with Gasteiger partial charge in [-0.3, -0.25) is 4.79 Å². The van der Waals surface area contributed by atoms with Crippen molar-refractivity contribution in [1.82, 2.24) is 9.88 Å². The van der Waals surface area contributed by atoms with E-state index in [0.29, 0.717) is 30.8 Å². The lowest BCUT2D eigenvalue weighted by Crippen LogP contribution is -2.32. The van der Waals surface area contributed by atoms with Crippen LogP contribution in [0.25, 0.3) is 10.9 Å². The lowest BCUT2D eigenvalue weighted by atomic mass is 10.1. The maximum absolute atomic E-state index is 12.4. The van der Waals surface area contributed by atoms with Gasteiger partial charge in [0.05, 0.1) is 5.56 Å². The van der Waals surface area contributed by atoms with Gasteiger partial charge in [0.15, 0.2) is 0 Å². The second-order valence-corrected chi connectivity index (χ2v) is 4.47. The lowest BCUT2D eigenvalue weighted by Gasteiger charge is -2.20. The zero-order valence-corrected chi connectivity index (χ0v) is 11.0. The Hall–Kier alpha value is -2.01. The van der Waals surface area contributed by atoms with Gasteiger partial charge in [-0.25, -0.2) is 0 Å². The third kappa shape index (κ3) is 2.71. The molecule has 0 aliphatic carbocycles. The molecule has 2 rings (SSSR count). The van der Waals surface area contributed by atoms with Crippen LogP contribution in [0.1, 0.15) is 23.7 Å². The highest BCUT2D eigenvalue weighted by Gasteiger charge is 2.17. The number of rotatable bonds is 5. The number of aromatic nitrogens is 1. The molecule has 4 N–H and O–H groups in total. The molecule has 0 fully saturated rings. The van der Waals surface area contributed by atoms with Crippen LogP contribution in [0, 0.1) is 0 Å². The lowest BCUT2D eigenvalue weighted by molar-refractivity contribution is 0.0756. The first-order chi connectivity index (χ1) is 9.17. The molecule has 0 aliphatic rings. The largest absolute Gasteiger partial charge is 0.399 e. The second kappa shape index (κ2) is 5.75. The van der Waals surface area contributed by atoms with Crippen molar-refractivity contribution in [2.45, 2.75) is 13.3 Å². The van der Waals surface area contributed by atoms with E-state index in [1.807, 2.05) is 19.1 Å². The van der Waals surface area contributed by atoms with E-state index in [-0.39, 0.29) is 12.5 Å². The number of aliphatic hydroxyl groups excluding tert-OH is 1. The van der Waals surface area contributed by atoms with Crippen LogP contribution in [-0.4, -0.2) is 40.6 Å². The average Bonchev–Trinajstić information content (AvgIpc) is 2.82. The number of nitrogens with one attached hydrogen (secondary N) is 1. The Bertz CT molecular complexity index is 577. The Balaban J connectivity index is 2.30. The Morgan fingerprint density at radius 3 is 2.95 bits per heavy atom. The van der Waals surface area contributed by atoms with E-state index in [0.717, 1.165) is 10.9 Å². The zero-order valence-electron chi connectivity index (χ0n) is 11.0. The third-order valence-corrected chi connectivity index (χ3v) is 3.19. The van der Waals surface area contributed by atoms with Gasteiger partial charge in [-0.05, 0) is 31.5 Å². The number of hydrogen-bond donors (Lipinski definition) is 3. The number of aliphatic hydroxyl groups is 1. The number of nitrogen functional groups attached to an aromatic ring is 1. The highest BCUT2D eigenvalue weighted by molar-refractivity contribution is 6.07. The van der Waals surface area contributed by atoms with Crippen LogP contribution < -0.4 is 5.73 Å². The highest BCUT2D eigenvalue weighted by Crippen LogP contribution is 2.22. The predicted molar refractivity (Wildman–Crippen MR) is 76.0 cm³/mol. The second-order valence-electron chi connectivity index (χ2n) is 4.47. The summed E-state index contributed by atoms with van der Waals surface area (Å²) in [5.74, 6) is -0.0213. The summed E-state index contributed by atoms with van der Waals surface area (Å²) >= 11 is 0. The van der Waals surface area contributed by atoms with E-state index in [1.54, 1.807) is 17.2 Å². The number of H-pyrrole nitrogens is 1. The summed E-state index contributed by atoms with van der Waals surface area (Å²) in [5.41, 5.74) is 7.90. The first-order valence-electron chi connectivity index (χ1n) is 6.44. The average molecular weight is 261 g/mol. The summed E-state index contributed by atoms with van der Waals surface area (Å²) in [6.45, 7) is 3.21. The van der Waals surface area contributed by atoms with Crippen LogP contribution in [-0.2, 0) is 0 Å². The minimum Gasteiger partial charge on any atom is -0.399 e. The van der Waals surface area contributed by atoms with Crippen LogP contribution in [0.15, 0.2) is 24.4 Å². The molecule has 1 heterocycles. The SMILES string of the molecule is CCN(CCCO)C(=O)c1c[nH]c2cc(N)ccc12. The van der Waals surface area contributed by atoms with E-state index in [2.05, 4.69) is 4.98 Å². The Kier molecular flexibility index (Phi) is 4.06. The van der Waals surface area contributed by atoms with Gasteiger partial charge in [-0.15, -0.1) is 0 Å². The molecule has 5 heteroatoms. The Morgan fingerprint density at radius 2 is 2.26 bits per heavy atom. The predicted octanol–water partition coefficient (Wildman–Crippen LogP) is 1.59. The van der Waals surface area contributed by atoms with Crippen molar-refractivity contribution < 1.29 is 9.90 Å². The van der Waals surface area contributed by atoms with E-state index >= 15 is 0 Å². The Labute approximate surface area is 112 Å². The van der Waals surface area contributed by atoms with E-state index in [4.69, 9.17) is 10.8 Å². The number of amides is 1. The molecule has 0 unspecified atom stereocenters. The molecular formula is C14H19N3O2. The quantitative estimate of drug-likeness (QED) is 0.715. The summed E-state index contributed by atoms with van der Waals surface area (Å²) in [4.78, 5) is 17.2. The topological polar surface area (TPSA) is 82.3 Å². The molecule has 0 spiro atoms. The fraction of sp³-hybridized carbons (Fsp3) is 0.357. The minimum atomic E-state index is -0.0213. The maximum Gasteiger partial charge on any atom is 0.256 e. The fourth-order valence-corrected chi connectivity index (χ4v) is 2.16. The highest BCUT2D eigenvalue weighted by atomic mass is 16.3. The molecule has 5 nitrogen and oxygen atoms in total. The summed E-state index contributed by atoms with van der Waals surface area (Å²) in [6.07, 6.45) is 2.31. The van der Waals surface area contributed by atoms with Gasteiger partial charge in [0.2, 0.25) is 0 Å². The number of nitrogens with two attached hydrogens (primary N) is 1. The molecular weight excluding hydrogens is 242 g/mol. The summed E-state index contributed by atoms with van der Waals surface area (Å²) in [5, 5.41) is 9.74.